The van der Waals surface area contributed by atoms with Crippen LogP contribution in [0.5, 0.6) is 0 Å². The van der Waals surface area contributed by atoms with Crippen molar-refractivity contribution in [1.82, 2.24) is 14.8 Å². The number of halogens is 4. The second-order valence-electron chi connectivity index (χ2n) is 5.64. The largest absolute Gasteiger partial charge is 0.323 e. The molecule has 2 aromatic carbocycles. The fraction of sp³-hybridized carbons (Fsp3) is 0.167. The first-order chi connectivity index (χ1) is 13.4. The highest BCUT2D eigenvalue weighted by molar-refractivity contribution is 9.10. The Kier molecular flexibility index (Phi) is 7.28. The summed E-state index contributed by atoms with van der Waals surface area (Å²) in [7, 11) is 0. The minimum Gasteiger partial charge on any atom is -0.323 e. The highest BCUT2D eigenvalue weighted by Crippen LogP contribution is 2.34. The second kappa shape index (κ2) is 9.50. The maximum Gasteiger partial charge on any atom is 0.234 e. The molecule has 1 N–H and O–H groups in total. The van der Waals surface area contributed by atoms with Crippen LogP contribution < -0.4 is 5.32 Å². The van der Waals surface area contributed by atoms with E-state index in [1.54, 1.807) is 0 Å². The fourth-order valence-electron chi connectivity index (χ4n) is 2.46. The van der Waals surface area contributed by atoms with Crippen LogP contribution in [0, 0.1) is 0 Å². The van der Waals surface area contributed by atoms with Crippen LogP contribution in [-0.2, 0) is 11.3 Å². The zero-order valence-corrected chi connectivity index (χ0v) is 19.2. The van der Waals surface area contributed by atoms with Crippen molar-refractivity contribution in [1.29, 1.82) is 0 Å². The number of aromatic nitrogens is 3. The van der Waals surface area contributed by atoms with Gasteiger partial charge in [-0.15, -0.1) is 10.2 Å². The van der Waals surface area contributed by atoms with E-state index < -0.39 is 0 Å². The lowest BCUT2D eigenvalue weighted by Crippen LogP contribution is -2.15. The maximum atomic E-state index is 12.3. The summed E-state index contributed by atoms with van der Waals surface area (Å²) in [5, 5.41) is 12.8. The maximum absolute atomic E-state index is 12.3. The van der Waals surface area contributed by atoms with E-state index in [0.717, 1.165) is 15.9 Å². The number of amides is 1. The van der Waals surface area contributed by atoms with Crippen molar-refractivity contribution < 1.29 is 4.79 Å². The van der Waals surface area contributed by atoms with E-state index >= 15 is 0 Å². The van der Waals surface area contributed by atoms with Gasteiger partial charge in [0.05, 0.1) is 21.5 Å². The Balaban J connectivity index is 1.71. The molecule has 0 atom stereocenters. The van der Waals surface area contributed by atoms with Crippen molar-refractivity contribution >= 4 is 74.1 Å². The Morgan fingerprint density at radius 3 is 2.39 bits per heavy atom. The molecule has 0 bridgehead atoms. The summed E-state index contributed by atoms with van der Waals surface area (Å²) in [6.45, 7) is 2.68. The molecule has 0 fully saturated rings. The first kappa shape index (κ1) is 21.5. The lowest BCUT2D eigenvalue weighted by molar-refractivity contribution is -0.113. The van der Waals surface area contributed by atoms with Crippen molar-refractivity contribution in [3.8, 4) is 11.4 Å². The fourth-order valence-corrected chi connectivity index (χ4v) is 4.44. The molecule has 28 heavy (non-hydrogen) atoms. The monoisotopic (exact) mass is 518 g/mol. The van der Waals surface area contributed by atoms with Crippen LogP contribution in [0.3, 0.4) is 0 Å². The SMILES string of the molecule is CCn1c(SCC(=O)Nc2c(Cl)cc(Cl)cc2Cl)nnc1-c1ccc(Br)cc1. The number of hydrogen-bond donors (Lipinski definition) is 1. The topological polar surface area (TPSA) is 59.8 Å². The Hall–Kier alpha value is -1.25. The third-order valence-electron chi connectivity index (χ3n) is 3.74. The second-order valence-corrected chi connectivity index (χ2v) is 8.75. The number of rotatable bonds is 6. The van der Waals surface area contributed by atoms with Crippen LogP contribution in [0.25, 0.3) is 11.4 Å². The molecule has 0 saturated heterocycles. The summed E-state index contributed by atoms with van der Waals surface area (Å²) in [6.07, 6.45) is 0. The van der Waals surface area contributed by atoms with Crippen LogP contribution >= 0.6 is 62.5 Å². The molecule has 1 aromatic heterocycles. The van der Waals surface area contributed by atoms with Gasteiger partial charge in [-0.2, -0.15) is 0 Å². The van der Waals surface area contributed by atoms with Crippen LogP contribution in [0.15, 0.2) is 46.0 Å². The summed E-state index contributed by atoms with van der Waals surface area (Å²) in [6, 6.07) is 10.9. The predicted molar refractivity (Wildman–Crippen MR) is 120 cm³/mol. The van der Waals surface area contributed by atoms with Gasteiger partial charge < -0.3 is 9.88 Å². The van der Waals surface area contributed by atoms with E-state index in [-0.39, 0.29) is 21.7 Å². The van der Waals surface area contributed by atoms with Gasteiger partial charge in [-0.25, -0.2) is 0 Å². The lowest BCUT2D eigenvalue weighted by Gasteiger charge is -2.10. The Bertz CT molecular complexity index is 988. The summed E-state index contributed by atoms with van der Waals surface area (Å²) in [5.74, 6) is 0.627. The van der Waals surface area contributed by atoms with Crippen molar-refractivity contribution in [3.05, 3.63) is 55.9 Å². The molecule has 0 saturated carbocycles. The van der Waals surface area contributed by atoms with Crippen molar-refractivity contribution in [2.45, 2.75) is 18.6 Å². The summed E-state index contributed by atoms with van der Waals surface area (Å²) in [5.41, 5.74) is 1.29. The van der Waals surface area contributed by atoms with E-state index in [0.29, 0.717) is 22.4 Å². The smallest absolute Gasteiger partial charge is 0.234 e. The molecule has 1 heterocycles. The summed E-state index contributed by atoms with van der Waals surface area (Å²) in [4.78, 5) is 12.3. The molecule has 5 nitrogen and oxygen atoms in total. The van der Waals surface area contributed by atoms with Gasteiger partial charge in [0.1, 0.15) is 0 Å². The molecular formula is C18H14BrCl3N4OS. The summed E-state index contributed by atoms with van der Waals surface area (Å²) >= 11 is 22.8. The van der Waals surface area contributed by atoms with Gasteiger partial charge >= 0.3 is 0 Å². The van der Waals surface area contributed by atoms with E-state index in [4.69, 9.17) is 34.8 Å². The van der Waals surface area contributed by atoms with E-state index in [9.17, 15) is 4.79 Å². The standard InChI is InChI=1S/C18H14BrCl3N4OS/c1-2-26-17(10-3-5-11(19)6-4-10)24-25-18(26)28-9-15(27)23-16-13(21)7-12(20)8-14(16)22/h3-8H,2,9H2,1H3,(H,23,27). The molecular weight excluding hydrogens is 507 g/mol. The first-order valence-electron chi connectivity index (χ1n) is 8.15. The number of hydrogen-bond acceptors (Lipinski definition) is 4. The predicted octanol–water partition coefficient (Wildman–Crippen LogP) is 6.42. The minimum absolute atomic E-state index is 0.133. The highest BCUT2D eigenvalue weighted by Gasteiger charge is 2.16. The lowest BCUT2D eigenvalue weighted by atomic mass is 10.2. The first-order valence-corrected chi connectivity index (χ1v) is 11.1. The highest BCUT2D eigenvalue weighted by atomic mass is 79.9. The van der Waals surface area contributed by atoms with Gasteiger partial charge in [0.15, 0.2) is 11.0 Å². The average molecular weight is 521 g/mol. The van der Waals surface area contributed by atoms with Crippen LogP contribution in [0.1, 0.15) is 6.92 Å². The zero-order chi connectivity index (χ0) is 20.3. The minimum atomic E-state index is -0.257. The van der Waals surface area contributed by atoms with Crippen molar-refractivity contribution in [2.75, 3.05) is 11.1 Å². The molecule has 0 aliphatic heterocycles. The molecule has 0 spiro atoms. The van der Waals surface area contributed by atoms with Crippen molar-refractivity contribution in [2.24, 2.45) is 0 Å². The average Bonchev–Trinajstić information content (AvgIpc) is 3.06. The molecule has 3 rings (SSSR count). The Morgan fingerprint density at radius 2 is 1.79 bits per heavy atom. The zero-order valence-electron chi connectivity index (χ0n) is 14.5. The number of anilines is 1. The molecule has 1 amide bonds. The number of nitrogens with one attached hydrogen (secondary N) is 1. The number of thioether (sulfide) groups is 1. The van der Waals surface area contributed by atoms with Crippen molar-refractivity contribution in [3.63, 3.8) is 0 Å². The molecule has 0 radical (unpaired) electrons. The molecule has 146 valence electrons. The van der Waals surface area contributed by atoms with Gasteiger partial charge in [0.2, 0.25) is 5.91 Å². The Labute approximate surface area is 189 Å². The van der Waals surface area contributed by atoms with Gasteiger partial charge in [0, 0.05) is 21.6 Å². The molecule has 0 unspecified atom stereocenters. The molecule has 0 aliphatic carbocycles. The van der Waals surface area contributed by atoms with Crippen LogP contribution in [0.2, 0.25) is 15.1 Å². The number of carbonyl (C=O) groups excluding carboxylic acids is 1. The normalized spacial score (nSPS) is 10.9. The van der Waals surface area contributed by atoms with Gasteiger partial charge in [-0.3, -0.25) is 4.79 Å². The van der Waals surface area contributed by atoms with Gasteiger partial charge in [-0.05, 0) is 31.2 Å². The van der Waals surface area contributed by atoms with E-state index in [1.165, 1.54) is 23.9 Å². The van der Waals surface area contributed by atoms with E-state index in [2.05, 4.69) is 31.4 Å². The van der Waals surface area contributed by atoms with Crippen LogP contribution in [0.4, 0.5) is 5.69 Å². The quantitative estimate of drug-likeness (QED) is 0.381. The van der Waals surface area contributed by atoms with Crippen LogP contribution in [-0.4, -0.2) is 26.4 Å². The number of carbonyl (C=O) groups is 1. The third kappa shape index (κ3) is 5.02. The Morgan fingerprint density at radius 1 is 1.14 bits per heavy atom. The van der Waals surface area contributed by atoms with Gasteiger partial charge in [-0.1, -0.05) is 74.6 Å². The number of benzene rings is 2. The van der Waals surface area contributed by atoms with Gasteiger partial charge in [0.25, 0.3) is 0 Å². The molecule has 10 heteroatoms. The van der Waals surface area contributed by atoms with E-state index in [1.807, 2.05) is 35.8 Å². The summed E-state index contributed by atoms with van der Waals surface area (Å²) < 4.78 is 2.95. The number of nitrogens with zero attached hydrogens (tertiary/aromatic N) is 3. The molecule has 3 aromatic rings. The third-order valence-corrected chi connectivity index (χ3v) is 6.05. The molecule has 0 aliphatic rings.